The molecule has 0 saturated heterocycles. The first-order chi connectivity index (χ1) is 9.04. The molecule has 19 heavy (non-hydrogen) atoms. The van der Waals surface area contributed by atoms with E-state index in [2.05, 4.69) is 49.0 Å². The molecule has 0 aliphatic carbocycles. The third kappa shape index (κ3) is 2.63. The van der Waals surface area contributed by atoms with Crippen LogP contribution in [0.3, 0.4) is 0 Å². The van der Waals surface area contributed by atoms with Gasteiger partial charge < -0.3 is 15.2 Å². The molecule has 2 N–H and O–H groups in total. The number of hydrogen-bond acceptors (Lipinski definition) is 3. The van der Waals surface area contributed by atoms with Gasteiger partial charge >= 0.3 is 0 Å². The van der Waals surface area contributed by atoms with Crippen LogP contribution in [0.1, 0.15) is 22.9 Å². The molecule has 0 amide bonds. The van der Waals surface area contributed by atoms with E-state index in [1.165, 1.54) is 16.8 Å². The Morgan fingerprint density at radius 2 is 2.11 bits per heavy atom. The van der Waals surface area contributed by atoms with Crippen LogP contribution in [0.15, 0.2) is 30.7 Å². The highest BCUT2D eigenvalue weighted by atomic mass is 15.2. The molecule has 102 valence electrons. The largest absolute Gasteiger partial charge is 0.364 e. The summed E-state index contributed by atoms with van der Waals surface area (Å²) < 4.78 is 2.03. The summed E-state index contributed by atoms with van der Waals surface area (Å²) in [6.45, 7) is 4.80. The first kappa shape index (κ1) is 13.6. The highest BCUT2D eigenvalue weighted by molar-refractivity contribution is 5.55. The first-order valence-corrected chi connectivity index (χ1v) is 6.51. The lowest BCUT2D eigenvalue weighted by atomic mass is 10.1. The van der Waals surface area contributed by atoms with Crippen LogP contribution < -0.4 is 10.6 Å². The third-order valence-electron chi connectivity index (χ3n) is 3.62. The second-order valence-electron chi connectivity index (χ2n) is 5.08. The second kappa shape index (κ2) is 5.45. The topological polar surface area (TPSA) is 47.1 Å². The molecule has 0 bridgehead atoms. The molecule has 0 spiro atoms. The lowest BCUT2D eigenvalue weighted by Crippen LogP contribution is -2.32. The Hall–Kier alpha value is -1.81. The van der Waals surface area contributed by atoms with E-state index >= 15 is 0 Å². The van der Waals surface area contributed by atoms with E-state index in [1.807, 2.05) is 24.1 Å². The predicted molar refractivity (Wildman–Crippen MR) is 79.3 cm³/mol. The summed E-state index contributed by atoms with van der Waals surface area (Å²) in [6, 6.07) is 6.62. The number of anilines is 1. The van der Waals surface area contributed by atoms with Gasteiger partial charge in [0, 0.05) is 26.3 Å². The van der Waals surface area contributed by atoms with Crippen molar-refractivity contribution < 1.29 is 0 Å². The van der Waals surface area contributed by atoms with Crippen molar-refractivity contribution in [2.75, 3.05) is 18.5 Å². The number of likely N-dealkylation sites (N-methyl/N-ethyl adjacent to an activating group) is 1. The molecule has 0 fully saturated rings. The maximum Gasteiger partial charge on any atom is 0.0946 e. The van der Waals surface area contributed by atoms with Crippen molar-refractivity contribution in [2.24, 2.45) is 12.8 Å². The van der Waals surface area contributed by atoms with E-state index in [0.717, 1.165) is 5.69 Å². The lowest BCUT2D eigenvalue weighted by Gasteiger charge is -2.30. The van der Waals surface area contributed by atoms with Crippen LogP contribution in [0.25, 0.3) is 0 Å². The summed E-state index contributed by atoms with van der Waals surface area (Å²) >= 11 is 0. The average Bonchev–Trinajstić information content (AvgIpc) is 2.76. The molecule has 0 radical (unpaired) electrons. The molecular formula is C15H22N4. The molecule has 1 heterocycles. The van der Waals surface area contributed by atoms with Crippen LogP contribution in [-0.2, 0) is 7.05 Å². The van der Waals surface area contributed by atoms with E-state index in [1.54, 1.807) is 0 Å². The van der Waals surface area contributed by atoms with Crippen LogP contribution in [0.5, 0.6) is 0 Å². The van der Waals surface area contributed by atoms with E-state index in [-0.39, 0.29) is 6.04 Å². The van der Waals surface area contributed by atoms with Gasteiger partial charge in [-0.25, -0.2) is 4.98 Å². The van der Waals surface area contributed by atoms with Gasteiger partial charge in [0.15, 0.2) is 0 Å². The number of aromatic nitrogens is 2. The molecule has 2 rings (SSSR count). The number of aryl methyl sites for hydroxylation is 3. The zero-order chi connectivity index (χ0) is 14.0. The Labute approximate surface area is 114 Å². The number of benzene rings is 1. The lowest BCUT2D eigenvalue weighted by molar-refractivity contribution is 0.628. The zero-order valence-electron chi connectivity index (χ0n) is 12.1. The summed E-state index contributed by atoms with van der Waals surface area (Å²) in [7, 11) is 4.09. The van der Waals surface area contributed by atoms with Gasteiger partial charge in [-0.15, -0.1) is 0 Å². The van der Waals surface area contributed by atoms with Crippen molar-refractivity contribution in [3.63, 3.8) is 0 Å². The Morgan fingerprint density at radius 3 is 2.63 bits per heavy atom. The van der Waals surface area contributed by atoms with Crippen molar-refractivity contribution in [1.29, 1.82) is 0 Å². The molecule has 1 atom stereocenters. The van der Waals surface area contributed by atoms with Gasteiger partial charge in [0.1, 0.15) is 0 Å². The standard InChI is InChI=1S/C15H22N4/c1-11-5-6-13(12(2)7-11)19(4)14(8-16)15-9-17-10-18(15)3/h5-7,9-10,14H,8,16H2,1-4H3. The molecule has 2 aromatic rings. The van der Waals surface area contributed by atoms with E-state index in [9.17, 15) is 0 Å². The summed E-state index contributed by atoms with van der Waals surface area (Å²) in [5.74, 6) is 0. The fourth-order valence-electron chi connectivity index (χ4n) is 2.53. The maximum absolute atomic E-state index is 5.97. The fourth-order valence-corrected chi connectivity index (χ4v) is 2.53. The Bertz CT molecular complexity index is 559. The highest BCUT2D eigenvalue weighted by Crippen LogP contribution is 2.27. The minimum Gasteiger partial charge on any atom is -0.364 e. The van der Waals surface area contributed by atoms with Crippen LogP contribution in [0.2, 0.25) is 0 Å². The van der Waals surface area contributed by atoms with Gasteiger partial charge in [0.05, 0.1) is 24.3 Å². The second-order valence-corrected chi connectivity index (χ2v) is 5.08. The van der Waals surface area contributed by atoms with Gasteiger partial charge in [-0.3, -0.25) is 0 Å². The Morgan fingerprint density at radius 1 is 1.37 bits per heavy atom. The van der Waals surface area contributed by atoms with Gasteiger partial charge in [-0.05, 0) is 25.5 Å². The summed E-state index contributed by atoms with van der Waals surface area (Å²) in [5.41, 5.74) is 10.9. The average molecular weight is 258 g/mol. The summed E-state index contributed by atoms with van der Waals surface area (Å²) in [4.78, 5) is 6.41. The molecule has 1 unspecified atom stereocenters. The maximum atomic E-state index is 5.97. The number of nitrogens with two attached hydrogens (primary N) is 1. The van der Waals surface area contributed by atoms with Crippen LogP contribution >= 0.6 is 0 Å². The number of nitrogens with zero attached hydrogens (tertiary/aromatic N) is 3. The minimum absolute atomic E-state index is 0.133. The van der Waals surface area contributed by atoms with Gasteiger partial charge in [-0.1, -0.05) is 17.7 Å². The van der Waals surface area contributed by atoms with Gasteiger partial charge in [0.2, 0.25) is 0 Å². The van der Waals surface area contributed by atoms with Crippen LogP contribution in [0.4, 0.5) is 5.69 Å². The highest BCUT2D eigenvalue weighted by Gasteiger charge is 2.19. The van der Waals surface area contributed by atoms with Crippen LogP contribution in [0, 0.1) is 13.8 Å². The Kier molecular flexibility index (Phi) is 3.90. The molecule has 1 aromatic heterocycles. The van der Waals surface area contributed by atoms with E-state index < -0.39 is 0 Å². The minimum atomic E-state index is 0.133. The van der Waals surface area contributed by atoms with Crippen molar-refractivity contribution in [1.82, 2.24) is 9.55 Å². The summed E-state index contributed by atoms with van der Waals surface area (Å²) in [5, 5.41) is 0. The number of imidazole rings is 1. The quantitative estimate of drug-likeness (QED) is 0.914. The molecule has 1 aromatic carbocycles. The van der Waals surface area contributed by atoms with E-state index in [4.69, 9.17) is 5.73 Å². The van der Waals surface area contributed by atoms with Crippen LogP contribution in [-0.4, -0.2) is 23.1 Å². The normalized spacial score (nSPS) is 12.5. The molecular weight excluding hydrogens is 236 g/mol. The van der Waals surface area contributed by atoms with Crippen molar-refractivity contribution in [3.8, 4) is 0 Å². The van der Waals surface area contributed by atoms with Crippen molar-refractivity contribution in [2.45, 2.75) is 19.9 Å². The monoisotopic (exact) mass is 258 g/mol. The van der Waals surface area contributed by atoms with E-state index in [0.29, 0.717) is 6.54 Å². The first-order valence-electron chi connectivity index (χ1n) is 6.51. The van der Waals surface area contributed by atoms with Gasteiger partial charge in [0.25, 0.3) is 0 Å². The fraction of sp³-hybridized carbons (Fsp3) is 0.400. The van der Waals surface area contributed by atoms with Gasteiger partial charge in [-0.2, -0.15) is 0 Å². The zero-order valence-corrected chi connectivity index (χ0v) is 12.1. The molecule has 4 nitrogen and oxygen atoms in total. The smallest absolute Gasteiger partial charge is 0.0946 e. The molecule has 0 saturated carbocycles. The SMILES string of the molecule is Cc1ccc(N(C)C(CN)c2cncn2C)c(C)c1. The van der Waals surface area contributed by atoms with Crippen molar-refractivity contribution in [3.05, 3.63) is 47.5 Å². The Balaban J connectivity index is 2.36. The molecule has 4 heteroatoms. The van der Waals surface area contributed by atoms with Crippen molar-refractivity contribution >= 4 is 5.69 Å². The predicted octanol–water partition coefficient (Wildman–Crippen LogP) is 2.17. The number of rotatable bonds is 4. The summed E-state index contributed by atoms with van der Waals surface area (Å²) in [6.07, 6.45) is 3.70. The number of hydrogen-bond donors (Lipinski definition) is 1. The molecule has 0 aliphatic heterocycles. The third-order valence-corrected chi connectivity index (χ3v) is 3.62. The molecule has 0 aliphatic rings.